The van der Waals surface area contributed by atoms with Crippen LogP contribution in [0.1, 0.15) is 44.9 Å². The average Bonchev–Trinajstić information content (AvgIpc) is 3.28. The molecule has 1 saturated carbocycles. The van der Waals surface area contributed by atoms with Gasteiger partial charge in [0.1, 0.15) is 12.2 Å². The summed E-state index contributed by atoms with van der Waals surface area (Å²) in [6.45, 7) is -0.156. The zero-order valence-electron chi connectivity index (χ0n) is 16.2. The van der Waals surface area contributed by atoms with Gasteiger partial charge in [-0.1, -0.05) is 0 Å². The normalized spacial score (nSPS) is 39.1. The second kappa shape index (κ2) is 7.94. The van der Waals surface area contributed by atoms with Gasteiger partial charge in [0.05, 0.1) is 31.3 Å². The van der Waals surface area contributed by atoms with Crippen LogP contribution in [-0.4, -0.2) is 84.0 Å². The molecule has 0 aromatic carbocycles. The maximum absolute atomic E-state index is 13.3. The van der Waals surface area contributed by atoms with Crippen molar-refractivity contribution < 1.29 is 36.9 Å². The van der Waals surface area contributed by atoms with Crippen molar-refractivity contribution in [3.63, 3.8) is 0 Å². The molecule has 0 aromatic rings. The molecular formula is C19H28F4N2O4. The van der Waals surface area contributed by atoms with Crippen LogP contribution in [0.2, 0.25) is 0 Å². The first-order valence-electron chi connectivity index (χ1n) is 10.4. The van der Waals surface area contributed by atoms with E-state index >= 15 is 0 Å². The highest BCUT2D eigenvalue weighted by atomic mass is 19.3. The third kappa shape index (κ3) is 4.86. The summed E-state index contributed by atoms with van der Waals surface area (Å²) in [5, 5.41) is 13.7. The number of hydrogen-bond acceptors (Lipinski definition) is 5. The van der Waals surface area contributed by atoms with Crippen molar-refractivity contribution >= 4 is 5.91 Å². The lowest BCUT2D eigenvalue weighted by Gasteiger charge is -2.30. The van der Waals surface area contributed by atoms with E-state index in [0.29, 0.717) is 25.8 Å². The van der Waals surface area contributed by atoms with Crippen molar-refractivity contribution in [3.05, 3.63) is 0 Å². The minimum absolute atomic E-state index is 0.00162. The molecule has 29 heavy (non-hydrogen) atoms. The lowest BCUT2D eigenvalue weighted by Crippen LogP contribution is -2.44. The minimum Gasteiger partial charge on any atom is -0.388 e. The summed E-state index contributed by atoms with van der Waals surface area (Å²) in [5.74, 6) is -5.77. The summed E-state index contributed by atoms with van der Waals surface area (Å²) in [4.78, 5) is 13.4. The molecule has 3 saturated heterocycles. The van der Waals surface area contributed by atoms with Gasteiger partial charge in [-0.25, -0.2) is 17.6 Å². The quantitative estimate of drug-likeness (QED) is 0.658. The van der Waals surface area contributed by atoms with Gasteiger partial charge in [0.2, 0.25) is 11.8 Å². The van der Waals surface area contributed by atoms with E-state index in [1.807, 2.05) is 0 Å². The number of ether oxygens (including phenoxy) is 2. The molecule has 4 aliphatic rings. The van der Waals surface area contributed by atoms with Crippen molar-refractivity contribution in [2.24, 2.45) is 0 Å². The standard InChI is InChI=1S/C19H28F4N2O4/c20-18(21)3-1-11(2-4-18)24-9-14-16(27)17-13(29-14)7-12(28-17)8-15(26)25-6-5-19(22,23)10-25/h11-14,16-17,24,27H,1-10H2/t12-,13+,14+,16+,17-/m0/s1. The number of hydrogen-bond donors (Lipinski definition) is 2. The van der Waals surface area contributed by atoms with Crippen LogP contribution in [0.3, 0.4) is 0 Å². The third-order valence-electron chi connectivity index (χ3n) is 6.53. The summed E-state index contributed by atoms with van der Waals surface area (Å²) < 4.78 is 64.7. The molecule has 0 spiro atoms. The fourth-order valence-corrected chi connectivity index (χ4v) is 4.81. The van der Waals surface area contributed by atoms with Crippen molar-refractivity contribution in [2.75, 3.05) is 19.6 Å². The van der Waals surface area contributed by atoms with Gasteiger partial charge in [0.25, 0.3) is 5.92 Å². The highest BCUT2D eigenvalue weighted by Gasteiger charge is 2.51. The Morgan fingerprint density at radius 3 is 2.45 bits per heavy atom. The van der Waals surface area contributed by atoms with E-state index in [9.17, 15) is 27.5 Å². The number of fused-ring (bicyclic) bond motifs is 1. The number of aliphatic hydroxyl groups is 1. The Kier molecular flexibility index (Phi) is 5.82. The molecular weight excluding hydrogens is 396 g/mol. The smallest absolute Gasteiger partial charge is 0.267 e. The first-order valence-corrected chi connectivity index (χ1v) is 10.4. The number of nitrogens with zero attached hydrogens (tertiary/aromatic N) is 1. The first-order chi connectivity index (χ1) is 13.6. The average molecular weight is 424 g/mol. The molecule has 4 fully saturated rings. The van der Waals surface area contributed by atoms with Gasteiger partial charge in [0, 0.05) is 44.8 Å². The zero-order chi connectivity index (χ0) is 20.8. The molecule has 10 heteroatoms. The number of aliphatic hydroxyl groups excluding tert-OH is 1. The Morgan fingerprint density at radius 2 is 1.83 bits per heavy atom. The van der Waals surface area contributed by atoms with Crippen molar-refractivity contribution in [2.45, 2.75) is 93.4 Å². The topological polar surface area (TPSA) is 71.0 Å². The fourth-order valence-electron chi connectivity index (χ4n) is 4.81. The molecule has 0 radical (unpaired) electrons. The molecule has 1 aliphatic carbocycles. The summed E-state index contributed by atoms with van der Waals surface area (Å²) in [6.07, 6.45) is -2.14. The third-order valence-corrected chi connectivity index (χ3v) is 6.53. The number of amides is 1. The van der Waals surface area contributed by atoms with Gasteiger partial charge in [-0.05, 0) is 12.8 Å². The largest absolute Gasteiger partial charge is 0.388 e. The molecule has 2 N–H and O–H groups in total. The SMILES string of the molecule is O=C(C[C@@H]1C[C@H]2O[C@H](CNC3CCC(F)(F)CC3)[C@@H](O)[C@H]2O1)N1CCC(F)(F)C1. The van der Waals surface area contributed by atoms with Crippen molar-refractivity contribution in [3.8, 4) is 0 Å². The highest BCUT2D eigenvalue weighted by molar-refractivity contribution is 5.77. The zero-order valence-corrected chi connectivity index (χ0v) is 16.2. The lowest BCUT2D eigenvalue weighted by molar-refractivity contribution is -0.135. The van der Waals surface area contributed by atoms with E-state index in [1.54, 1.807) is 0 Å². The first kappa shape index (κ1) is 21.3. The summed E-state index contributed by atoms with van der Waals surface area (Å²) in [7, 11) is 0. The lowest BCUT2D eigenvalue weighted by atomic mass is 9.92. The van der Waals surface area contributed by atoms with Gasteiger partial charge in [0.15, 0.2) is 0 Å². The minimum atomic E-state index is -2.82. The Labute approximate surface area is 166 Å². The predicted molar refractivity (Wildman–Crippen MR) is 93.9 cm³/mol. The van der Waals surface area contributed by atoms with Gasteiger partial charge in [-0.3, -0.25) is 4.79 Å². The Morgan fingerprint density at radius 1 is 1.10 bits per heavy atom. The number of rotatable bonds is 5. The van der Waals surface area contributed by atoms with Crippen LogP contribution < -0.4 is 5.32 Å². The molecule has 166 valence electrons. The maximum atomic E-state index is 13.3. The molecule has 3 aliphatic heterocycles. The van der Waals surface area contributed by atoms with Crippen LogP contribution in [0.15, 0.2) is 0 Å². The predicted octanol–water partition coefficient (Wildman–Crippen LogP) is 1.70. The van der Waals surface area contributed by atoms with Crippen LogP contribution in [0, 0.1) is 0 Å². The Bertz CT molecular complexity index is 613. The van der Waals surface area contributed by atoms with Crippen molar-refractivity contribution in [1.82, 2.24) is 10.2 Å². The number of halogens is 4. The van der Waals surface area contributed by atoms with Crippen molar-refractivity contribution in [1.29, 1.82) is 0 Å². The maximum Gasteiger partial charge on any atom is 0.267 e. The van der Waals surface area contributed by atoms with Gasteiger partial charge in [-0.2, -0.15) is 0 Å². The van der Waals surface area contributed by atoms with Crippen LogP contribution in [0.5, 0.6) is 0 Å². The molecule has 0 unspecified atom stereocenters. The molecule has 4 rings (SSSR count). The molecule has 1 amide bonds. The van der Waals surface area contributed by atoms with E-state index in [1.165, 1.54) is 0 Å². The van der Waals surface area contributed by atoms with Gasteiger partial charge < -0.3 is 24.8 Å². The van der Waals surface area contributed by atoms with Gasteiger partial charge in [-0.15, -0.1) is 0 Å². The van der Waals surface area contributed by atoms with Crippen LogP contribution in [-0.2, 0) is 14.3 Å². The second-order valence-electron chi connectivity index (χ2n) is 8.83. The Balaban J connectivity index is 1.20. The summed E-state index contributed by atoms with van der Waals surface area (Å²) in [5.41, 5.74) is 0. The van der Waals surface area contributed by atoms with E-state index in [2.05, 4.69) is 5.32 Å². The molecule has 0 aromatic heterocycles. The molecule has 5 atom stereocenters. The van der Waals surface area contributed by atoms with Crippen LogP contribution in [0.25, 0.3) is 0 Å². The van der Waals surface area contributed by atoms with Gasteiger partial charge >= 0.3 is 0 Å². The second-order valence-corrected chi connectivity index (χ2v) is 8.83. The number of carbonyl (C=O) groups is 1. The number of nitrogens with one attached hydrogen (secondary N) is 1. The highest BCUT2D eigenvalue weighted by Crippen LogP contribution is 2.37. The Hall–Kier alpha value is -0.970. The number of alkyl halides is 4. The van der Waals surface area contributed by atoms with E-state index in [-0.39, 0.29) is 50.3 Å². The van der Waals surface area contributed by atoms with E-state index in [0.717, 1.165) is 4.90 Å². The summed E-state index contributed by atoms with van der Waals surface area (Å²) >= 11 is 0. The monoisotopic (exact) mass is 424 g/mol. The summed E-state index contributed by atoms with van der Waals surface area (Å²) in [6, 6.07) is -0.0178. The molecule has 0 bridgehead atoms. The number of likely N-dealkylation sites (tertiary alicyclic amines) is 1. The van der Waals surface area contributed by atoms with E-state index in [4.69, 9.17) is 9.47 Å². The number of carbonyl (C=O) groups excluding carboxylic acids is 1. The van der Waals surface area contributed by atoms with Crippen LogP contribution >= 0.6 is 0 Å². The van der Waals surface area contributed by atoms with Crippen LogP contribution in [0.4, 0.5) is 17.6 Å². The fraction of sp³-hybridized carbons (Fsp3) is 0.947. The molecule has 3 heterocycles. The molecule has 6 nitrogen and oxygen atoms in total. The van der Waals surface area contributed by atoms with E-state index < -0.39 is 42.8 Å².